The molecule has 1 heterocycles. The van der Waals surface area contributed by atoms with E-state index in [0.717, 1.165) is 5.56 Å². The van der Waals surface area contributed by atoms with Crippen LogP contribution in [-0.4, -0.2) is 30.8 Å². The van der Waals surface area contributed by atoms with Gasteiger partial charge in [-0.1, -0.05) is 60.1 Å². The minimum atomic E-state index is -0.523. The molecule has 3 amide bonds. The minimum absolute atomic E-state index is 0.101. The van der Waals surface area contributed by atoms with Crippen LogP contribution in [0.3, 0.4) is 0 Å². The van der Waals surface area contributed by atoms with Crippen LogP contribution in [-0.2, 0) is 16.0 Å². The van der Waals surface area contributed by atoms with Crippen LogP contribution in [0.5, 0.6) is 0 Å². The molecule has 7 heteroatoms. The molecule has 0 saturated carbocycles. The fraction of sp³-hybridized carbons (Fsp3) is 0.192. The summed E-state index contributed by atoms with van der Waals surface area (Å²) in [6.45, 7) is 0.743. The first-order valence-corrected chi connectivity index (χ1v) is 11.2. The smallest absolute Gasteiger partial charge is 0.253 e. The second kappa shape index (κ2) is 10.3. The molecule has 1 atom stereocenters. The Kier molecular flexibility index (Phi) is 7.05. The van der Waals surface area contributed by atoms with E-state index in [1.54, 1.807) is 53.4 Å². The van der Waals surface area contributed by atoms with Crippen molar-refractivity contribution in [3.05, 3.63) is 95.0 Å². The van der Waals surface area contributed by atoms with Crippen molar-refractivity contribution in [2.24, 2.45) is 5.92 Å². The summed E-state index contributed by atoms with van der Waals surface area (Å²) < 4.78 is 0. The highest BCUT2D eigenvalue weighted by Gasteiger charge is 2.35. The van der Waals surface area contributed by atoms with Crippen LogP contribution < -0.4 is 15.5 Å². The lowest BCUT2D eigenvalue weighted by molar-refractivity contribution is -0.122. The number of hydrogen-bond donors (Lipinski definition) is 2. The summed E-state index contributed by atoms with van der Waals surface area (Å²) in [5.41, 5.74) is 2.61. The number of carbonyl (C=O) groups excluding carboxylic acids is 3. The number of nitrogens with zero attached hydrogens (tertiary/aromatic N) is 1. The van der Waals surface area contributed by atoms with Gasteiger partial charge in [0, 0.05) is 30.2 Å². The number of nitrogens with one attached hydrogen (secondary N) is 2. The molecular formula is C26H24ClN3O3. The normalized spacial score (nSPS) is 15.4. The van der Waals surface area contributed by atoms with Crippen LogP contribution in [0.15, 0.2) is 78.9 Å². The molecule has 2 N–H and O–H groups in total. The highest BCUT2D eigenvalue weighted by molar-refractivity contribution is 6.31. The van der Waals surface area contributed by atoms with Gasteiger partial charge in [-0.15, -0.1) is 0 Å². The molecule has 1 saturated heterocycles. The molecule has 0 aliphatic carbocycles. The minimum Gasteiger partial charge on any atom is -0.352 e. The van der Waals surface area contributed by atoms with E-state index in [9.17, 15) is 14.4 Å². The lowest BCUT2D eigenvalue weighted by Crippen LogP contribution is -2.30. The Hall–Kier alpha value is -3.64. The van der Waals surface area contributed by atoms with Gasteiger partial charge in [0.1, 0.15) is 0 Å². The molecule has 1 aliphatic rings. The molecule has 0 radical (unpaired) electrons. The number of halogens is 1. The van der Waals surface area contributed by atoms with Crippen LogP contribution >= 0.6 is 11.6 Å². The summed E-state index contributed by atoms with van der Waals surface area (Å²) >= 11 is 6.04. The maximum atomic E-state index is 12.9. The summed E-state index contributed by atoms with van der Waals surface area (Å²) in [5.74, 6) is -1.21. The third kappa shape index (κ3) is 5.59. The van der Waals surface area contributed by atoms with Crippen molar-refractivity contribution in [2.45, 2.75) is 12.8 Å². The monoisotopic (exact) mass is 461 g/mol. The largest absolute Gasteiger partial charge is 0.352 e. The molecule has 3 aromatic carbocycles. The summed E-state index contributed by atoms with van der Waals surface area (Å²) in [7, 11) is 0. The zero-order valence-electron chi connectivity index (χ0n) is 18.0. The van der Waals surface area contributed by atoms with E-state index in [1.165, 1.54) is 0 Å². The van der Waals surface area contributed by atoms with Gasteiger partial charge < -0.3 is 15.5 Å². The Balaban J connectivity index is 1.38. The zero-order chi connectivity index (χ0) is 23.2. The average molecular weight is 462 g/mol. The SMILES string of the molecule is O=C(NCCc1ccccc1)c1ccccc1NC(=O)[C@@H]1CC(=O)N(c2cccc(Cl)c2)C1. The van der Waals surface area contributed by atoms with Gasteiger partial charge in [-0.05, 0) is 42.3 Å². The van der Waals surface area contributed by atoms with Crippen molar-refractivity contribution in [2.75, 3.05) is 23.3 Å². The Bertz CT molecular complexity index is 1170. The van der Waals surface area contributed by atoms with E-state index in [-0.39, 0.29) is 30.7 Å². The molecule has 1 fully saturated rings. The fourth-order valence-corrected chi connectivity index (χ4v) is 4.05. The summed E-state index contributed by atoms with van der Waals surface area (Å²) in [6, 6.07) is 23.8. The maximum absolute atomic E-state index is 12.9. The van der Waals surface area contributed by atoms with Gasteiger partial charge in [0.2, 0.25) is 11.8 Å². The predicted octanol–water partition coefficient (Wildman–Crippen LogP) is 4.30. The third-order valence-corrected chi connectivity index (χ3v) is 5.82. The number of benzene rings is 3. The van der Waals surface area contributed by atoms with Crippen molar-refractivity contribution in [3.8, 4) is 0 Å². The lowest BCUT2D eigenvalue weighted by Gasteiger charge is -2.17. The topological polar surface area (TPSA) is 78.5 Å². The summed E-state index contributed by atoms with van der Waals surface area (Å²) in [5, 5.41) is 6.28. The first kappa shape index (κ1) is 22.6. The van der Waals surface area contributed by atoms with E-state index in [2.05, 4.69) is 10.6 Å². The molecule has 0 aromatic heterocycles. The van der Waals surface area contributed by atoms with E-state index < -0.39 is 5.92 Å². The number of hydrogen-bond acceptors (Lipinski definition) is 3. The van der Waals surface area contributed by atoms with Gasteiger partial charge in [0.25, 0.3) is 5.91 Å². The van der Waals surface area contributed by atoms with Gasteiger partial charge in [-0.25, -0.2) is 0 Å². The number of amides is 3. The van der Waals surface area contributed by atoms with Crippen LogP contribution in [0.2, 0.25) is 5.02 Å². The number of para-hydroxylation sites is 1. The van der Waals surface area contributed by atoms with Crippen molar-refractivity contribution < 1.29 is 14.4 Å². The van der Waals surface area contributed by atoms with Crippen LogP contribution in [0, 0.1) is 5.92 Å². The fourth-order valence-electron chi connectivity index (χ4n) is 3.86. The van der Waals surface area contributed by atoms with Gasteiger partial charge in [0.05, 0.1) is 17.2 Å². The third-order valence-electron chi connectivity index (χ3n) is 5.59. The zero-order valence-corrected chi connectivity index (χ0v) is 18.7. The first-order valence-electron chi connectivity index (χ1n) is 10.8. The Morgan fingerprint density at radius 3 is 2.52 bits per heavy atom. The molecule has 0 unspecified atom stereocenters. The van der Waals surface area contributed by atoms with Crippen LogP contribution in [0.25, 0.3) is 0 Å². The van der Waals surface area contributed by atoms with Crippen LogP contribution in [0.4, 0.5) is 11.4 Å². The average Bonchev–Trinajstić information content (AvgIpc) is 3.22. The molecular weight excluding hydrogens is 438 g/mol. The van der Waals surface area contributed by atoms with Gasteiger partial charge in [0.15, 0.2) is 0 Å². The molecule has 0 bridgehead atoms. The Morgan fingerprint density at radius 1 is 0.970 bits per heavy atom. The molecule has 3 aromatic rings. The van der Waals surface area contributed by atoms with Crippen molar-refractivity contribution in [1.82, 2.24) is 5.32 Å². The van der Waals surface area contributed by atoms with Crippen molar-refractivity contribution >= 4 is 40.7 Å². The number of rotatable bonds is 7. The van der Waals surface area contributed by atoms with E-state index in [4.69, 9.17) is 11.6 Å². The predicted molar refractivity (Wildman–Crippen MR) is 129 cm³/mol. The molecule has 0 spiro atoms. The molecule has 168 valence electrons. The van der Waals surface area contributed by atoms with Gasteiger partial charge in [-0.2, -0.15) is 0 Å². The van der Waals surface area contributed by atoms with E-state index in [1.807, 2.05) is 30.3 Å². The van der Waals surface area contributed by atoms with E-state index in [0.29, 0.717) is 34.9 Å². The highest BCUT2D eigenvalue weighted by Crippen LogP contribution is 2.28. The number of anilines is 2. The Morgan fingerprint density at radius 2 is 1.73 bits per heavy atom. The lowest BCUT2D eigenvalue weighted by atomic mass is 10.1. The van der Waals surface area contributed by atoms with Gasteiger partial charge in [-0.3, -0.25) is 14.4 Å². The first-order chi connectivity index (χ1) is 16.0. The quantitative estimate of drug-likeness (QED) is 0.550. The second-order valence-corrected chi connectivity index (χ2v) is 8.35. The van der Waals surface area contributed by atoms with Crippen LogP contribution in [0.1, 0.15) is 22.3 Å². The van der Waals surface area contributed by atoms with Crippen molar-refractivity contribution in [3.63, 3.8) is 0 Å². The number of carbonyl (C=O) groups is 3. The Labute approximate surface area is 197 Å². The summed E-state index contributed by atoms with van der Waals surface area (Å²) in [4.78, 5) is 39.7. The van der Waals surface area contributed by atoms with E-state index >= 15 is 0 Å². The molecule has 4 rings (SSSR count). The second-order valence-electron chi connectivity index (χ2n) is 7.91. The maximum Gasteiger partial charge on any atom is 0.253 e. The molecule has 6 nitrogen and oxygen atoms in total. The van der Waals surface area contributed by atoms with Gasteiger partial charge >= 0.3 is 0 Å². The van der Waals surface area contributed by atoms with Crippen molar-refractivity contribution in [1.29, 1.82) is 0 Å². The summed E-state index contributed by atoms with van der Waals surface area (Å²) in [6.07, 6.45) is 0.814. The highest BCUT2D eigenvalue weighted by atomic mass is 35.5. The molecule has 1 aliphatic heterocycles. The molecule has 33 heavy (non-hydrogen) atoms. The standard InChI is InChI=1S/C26H24ClN3O3/c27-20-9-6-10-21(16-20)30-17-19(15-24(30)31)25(32)29-23-12-5-4-11-22(23)26(33)28-14-13-18-7-2-1-3-8-18/h1-12,16,19H,13-15,17H2,(H,28,33)(H,29,32)/t19-/m1/s1.